The van der Waals surface area contributed by atoms with Gasteiger partial charge in [-0.2, -0.15) is 0 Å². The molecule has 19 heavy (non-hydrogen) atoms. The van der Waals surface area contributed by atoms with Crippen molar-refractivity contribution in [1.82, 2.24) is 9.47 Å². The average molecular weight is 258 g/mol. The van der Waals surface area contributed by atoms with Crippen LogP contribution in [0.25, 0.3) is 10.9 Å². The number of rotatable bonds is 3. The lowest BCUT2D eigenvalue weighted by atomic mass is 10.1. The largest absolute Gasteiger partial charge is 0.496 e. The second-order valence-electron chi connectivity index (χ2n) is 5.88. The maximum Gasteiger partial charge on any atom is 0.128 e. The number of likely N-dealkylation sites (N-methyl/N-ethyl adjacent to an activating group) is 1. The summed E-state index contributed by atoms with van der Waals surface area (Å²) in [5, 5.41) is 1.30. The number of hydrogen-bond donors (Lipinski definition) is 0. The number of hydrogen-bond acceptors (Lipinski definition) is 2. The molecule has 2 atom stereocenters. The lowest BCUT2D eigenvalue weighted by Crippen LogP contribution is -2.15. The normalized spacial score (nSPS) is 22.2. The van der Waals surface area contributed by atoms with E-state index in [1.807, 2.05) is 0 Å². The lowest BCUT2D eigenvalue weighted by molar-refractivity contribution is 0.391. The van der Waals surface area contributed by atoms with Gasteiger partial charge < -0.3 is 14.2 Å². The molecule has 1 fully saturated rings. The molecule has 1 aromatic heterocycles. The summed E-state index contributed by atoms with van der Waals surface area (Å²) in [6.45, 7) is 2.17. The average Bonchev–Trinajstić information content (AvgIpc) is 3.09. The maximum atomic E-state index is 5.58. The quantitative estimate of drug-likeness (QED) is 0.842. The summed E-state index contributed by atoms with van der Waals surface area (Å²) in [6.07, 6.45) is 3.54. The summed E-state index contributed by atoms with van der Waals surface area (Å²) >= 11 is 0. The Balaban J connectivity index is 2.18. The highest BCUT2D eigenvalue weighted by Crippen LogP contribution is 2.48. The van der Waals surface area contributed by atoms with E-state index in [0.717, 1.165) is 5.75 Å². The molecule has 0 aliphatic heterocycles. The summed E-state index contributed by atoms with van der Waals surface area (Å²) < 4.78 is 7.83. The van der Waals surface area contributed by atoms with E-state index in [9.17, 15) is 0 Å². The molecule has 0 amide bonds. The van der Waals surface area contributed by atoms with Crippen molar-refractivity contribution in [3.05, 3.63) is 29.5 Å². The smallest absolute Gasteiger partial charge is 0.128 e. The molecule has 3 heteroatoms. The minimum Gasteiger partial charge on any atom is -0.496 e. The van der Waals surface area contributed by atoms with Crippen LogP contribution < -0.4 is 4.74 Å². The number of methoxy groups -OCH3 is 1. The fourth-order valence-electron chi connectivity index (χ4n) is 3.29. The lowest BCUT2D eigenvalue weighted by Gasteiger charge is -2.10. The van der Waals surface area contributed by atoms with Crippen LogP contribution in [-0.4, -0.2) is 36.7 Å². The van der Waals surface area contributed by atoms with E-state index in [-0.39, 0.29) is 0 Å². The van der Waals surface area contributed by atoms with Crippen LogP contribution in [-0.2, 0) is 7.05 Å². The van der Waals surface area contributed by atoms with Crippen molar-refractivity contribution in [1.29, 1.82) is 0 Å². The van der Waals surface area contributed by atoms with Crippen molar-refractivity contribution in [2.24, 2.45) is 7.05 Å². The van der Waals surface area contributed by atoms with Crippen LogP contribution in [0.3, 0.4) is 0 Å². The van der Waals surface area contributed by atoms with Crippen LogP contribution in [0.15, 0.2) is 18.3 Å². The first-order chi connectivity index (χ1) is 9.04. The predicted molar refractivity (Wildman–Crippen MR) is 79.0 cm³/mol. The summed E-state index contributed by atoms with van der Waals surface area (Å²) in [5.41, 5.74) is 4.06. The van der Waals surface area contributed by atoms with E-state index in [1.165, 1.54) is 28.5 Å². The van der Waals surface area contributed by atoms with Crippen molar-refractivity contribution in [3.8, 4) is 5.75 Å². The number of fused-ring (bicyclic) bond motifs is 1. The molecule has 102 valence electrons. The highest BCUT2D eigenvalue weighted by molar-refractivity contribution is 5.93. The number of aromatic nitrogens is 1. The Hall–Kier alpha value is -1.48. The molecule has 1 aliphatic rings. The SMILES string of the molecule is COc1ccc(C)c2c1c([C@H]1C[C@H]1N(C)C)cn2C. The minimum atomic E-state index is 0.648. The first-order valence-electron chi connectivity index (χ1n) is 6.83. The molecule has 2 aromatic rings. The van der Waals surface area contributed by atoms with E-state index in [0.29, 0.717) is 12.0 Å². The van der Waals surface area contributed by atoms with Gasteiger partial charge in [-0.3, -0.25) is 0 Å². The van der Waals surface area contributed by atoms with Crippen LogP contribution in [0, 0.1) is 6.92 Å². The van der Waals surface area contributed by atoms with Crippen molar-refractivity contribution < 1.29 is 4.74 Å². The third-order valence-electron chi connectivity index (χ3n) is 4.35. The maximum absolute atomic E-state index is 5.58. The molecule has 1 heterocycles. The summed E-state index contributed by atoms with van der Waals surface area (Å²) in [4.78, 5) is 2.33. The summed E-state index contributed by atoms with van der Waals surface area (Å²) in [5.74, 6) is 1.65. The number of benzene rings is 1. The van der Waals surface area contributed by atoms with Gasteiger partial charge in [-0.1, -0.05) is 6.07 Å². The Morgan fingerprint density at radius 1 is 1.32 bits per heavy atom. The van der Waals surface area contributed by atoms with Gasteiger partial charge in [0, 0.05) is 30.6 Å². The second-order valence-corrected chi connectivity index (χ2v) is 5.88. The molecule has 0 bridgehead atoms. The highest BCUT2D eigenvalue weighted by atomic mass is 16.5. The number of ether oxygens (including phenoxy) is 1. The van der Waals surface area contributed by atoms with Crippen LogP contribution in [0.4, 0.5) is 0 Å². The van der Waals surface area contributed by atoms with Gasteiger partial charge in [0.25, 0.3) is 0 Å². The van der Waals surface area contributed by atoms with E-state index in [2.05, 4.69) is 55.9 Å². The van der Waals surface area contributed by atoms with E-state index in [4.69, 9.17) is 4.74 Å². The van der Waals surface area contributed by atoms with E-state index < -0.39 is 0 Å². The summed E-state index contributed by atoms with van der Waals surface area (Å²) in [7, 11) is 8.22. The molecule has 1 saturated carbocycles. The van der Waals surface area contributed by atoms with Crippen molar-refractivity contribution in [3.63, 3.8) is 0 Å². The Kier molecular flexibility index (Phi) is 2.82. The van der Waals surface area contributed by atoms with Crippen LogP contribution in [0.5, 0.6) is 5.75 Å². The second kappa shape index (κ2) is 4.27. The van der Waals surface area contributed by atoms with Gasteiger partial charge in [0.1, 0.15) is 5.75 Å². The first-order valence-corrected chi connectivity index (χ1v) is 6.83. The van der Waals surface area contributed by atoms with Gasteiger partial charge in [-0.05, 0) is 44.6 Å². The monoisotopic (exact) mass is 258 g/mol. The predicted octanol–water partition coefficient (Wildman–Crippen LogP) is 2.91. The van der Waals surface area contributed by atoms with Gasteiger partial charge in [0.05, 0.1) is 12.6 Å². The molecular weight excluding hydrogens is 236 g/mol. The molecule has 1 aliphatic carbocycles. The Bertz CT molecular complexity index is 627. The molecule has 0 spiro atoms. The van der Waals surface area contributed by atoms with Gasteiger partial charge in [0.15, 0.2) is 0 Å². The zero-order chi connectivity index (χ0) is 13.7. The minimum absolute atomic E-state index is 0.648. The topological polar surface area (TPSA) is 17.4 Å². The molecule has 0 unspecified atom stereocenters. The van der Waals surface area contributed by atoms with Crippen molar-refractivity contribution in [2.75, 3.05) is 21.2 Å². The fourth-order valence-corrected chi connectivity index (χ4v) is 3.29. The summed E-state index contributed by atoms with van der Waals surface area (Å²) in [6, 6.07) is 4.91. The highest BCUT2D eigenvalue weighted by Gasteiger charge is 2.42. The Labute approximate surface area is 114 Å². The van der Waals surface area contributed by atoms with Gasteiger partial charge >= 0.3 is 0 Å². The molecule has 3 rings (SSSR count). The molecule has 0 radical (unpaired) electrons. The van der Waals surface area contributed by atoms with Crippen LogP contribution in [0.1, 0.15) is 23.5 Å². The van der Waals surface area contributed by atoms with Crippen LogP contribution >= 0.6 is 0 Å². The first kappa shape index (κ1) is 12.5. The molecule has 0 N–H and O–H groups in total. The van der Waals surface area contributed by atoms with E-state index >= 15 is 0 Å². The third-order valence-corrected chi connectivity index (χ3v) is 4.35. The van der Waals surface area contributed by atoms with Gasteiger partial charge in [-0.15, -0.1) is 0 Å². The zero-order valence-electron chi connectivity index (χ0n) is 12.4. The zero-order valence-corrected chi connectivity index (χ0v) is 12.4. The van der Waals surface area contributed by atoms with Crippen molar-refractivity contribution in [2.45, 2.75) is 25.3 Å². The molecule has 0 saturated heterocycles. The standard InChI is InChI=1S/C16H22N2O/c1-10-6-7-14(19-5)15-12(9-18(4)16(10)15)11-8-13(11)17(2)3/h6-7,9,11,13H,8H2,1-5H3/t11-,13-/m1/s1. The third kappa shape index (κ3) is 1.84. The molecule has 3 nitrogen and oxygen atoms in total. The van der Waals surface area contributed by atoms with Gasteiger partial charge in [-0.25, -0.2) is 0 Å². The van der Waals surface area contributed by atoms with E-state index in [1.54, 1.807) is 7.11 Å². The molecule has 1 aromatic carbocycles. The fraction of sp³-hybridized carbons (Fsp3) is 0.500. The number of nitrogens with zero attached hydrogens (tertiary/aromatic N) is 2. The number of aryl methyl sites for hydroxylation is 2. The Morgan fingerprint density at radius 2 is 2.05 bits per heavy atom. The Morgan fingerprint density at radius 3 is 2.63 bits per heavy atom. The van der Waals surface area contributed by atoms with Crippen LogP contribution in [0.2, 0.25) is 0 Å². The molecular formula is C16H22N2O. The van der Waals surface area contributed by atoms with Gasteiger partial charge in [0.2, 0.25) is 0 Å². The van der Waals surface area contributed by atoms with Crippen molar-refractivity contribution >= 4 is 10.9 Å².